The average molecular weight is 363 g/mol. The van der Waals surface area contributed by atoms with Gasteiger partial charge in [-0.3, -0.25) is 0 Å². The molecule has 0 spiro atoms. The van der Waals surface area contributed by atoms with Gasteiger partial charge in [0.2, 0.25) is 5.95 Å². The number of hydrogen-bond acceptors (Lipinski definition) is 6. The van der Waals surface area contributed by atoms with Crippen LogP contribution in [0.5, 0.6) is 0 Å². The quantitative estimate of drug-likeness (QED) is 0.660. The molecule has 0 saturated carbocycles. The fraction of sp³-hybridized carbons (Fsp3) is 0.333. The Kier molecular flexibility index (Phi) is 5.23. The Balaban J connectivity index is 1.42. The molecule has 140 valence electrons. The van der Waals surface area contributed by atoms with Crippen molar-refractivity contribution in [3.05, 3.63) is 60.2 Å². The minimum atomic E-state index is 0.586. The summed E-state index contributed by atoms with van der Waals surface area (Å²) < 4.78 is 5.35. The Bertz CT molecular complexity index is 855. The molecule has 3 aromatic rings. The van der Waals surface area contributed by atoms with E-state index in [-0.39, 0.29) is 0 Å². The van der Waals surface area contributed by atoms with E-state index in [4.69, 9.17) is 4.42 Å². The molecular formula is C21H25N5O. The van der Waals surface area contributed by atoms with E-state index < -0.39 is 0 Å². The maximum atomic E-state index is 5.35. The minimum absolute atomic E-state index is 0.586. The molecule has 0 aliphatic carbocycles. The van der Waals surface area contributed by atoms with Gasteiger partial charge in [0.05, 0.1) is 12.8 Å². The van der Waals surface area contributed by atoms with Crippen molar-refractivity contribution in [1.82, 2.24) is 9.97 Å². The van der Waals surface area contributed by atoms with Gasteiger partial charge in [-0.2, -0.15) is 4.98 Å². The average Bonchev–Trinajstić information content (AvgIpc) is 3.21. The van der Waals surface area contributed by atoms with E-state index >= 15 is 0 Å². The third-order valence-corrected chi connectivity index (χ3v) is 4.72. The third-order valence-electron chi connectivity index (χ3n) is 4.72. The number of benzene rings is 1. The SMILES string of the molecule is Cc1cc(NCc2ccco2)nc(Nc2ccc(N3CCCCC3)cc2)n1. The molecule has 1 aliphatic rings. The van der Waals surface area contributed by atoms with Crippen molar-refractivity contribution in [2.24, 2.45) is 0 Å². The number of hydrogen-bond donors (Lipinski definition) is 2. The number of furan rings is 1. The van der Waals surface area contributed by atoms with Gasteiger partial charge in [-0.1, -0.05) is 0 Å². The molecule has 6 nitrogen and oxygen atoms in total. The van der Waals surface area contributed by atoms with Gasteiger partial charge in [0.25, 0.3) is 0 Å². The second-order valence-corrected chi connectivity index (χ2v) is 6.87. The summed E-state index contributed by atoms with van der Waals surface area (Å²) in [6.07, 6.45) is 5.58. The van der Waals surface area contributed by atoms with Crippen LogP contribution in [0, 0.1) is 6.92 Å². The Morgan fingerprint density at radius 1 is 1.04 bits per heavy atom. The maximum Gasteiger partial charge on any atom is 0.229 e. The first-order valence-corrected chi connectivity index (χ1v) is 9.50. The second kappa shape index (κ2) is 8.12. The highest BCUT2D eigenvalue weighted by molar-refractivity contribution is 5.60. The smallest absolute Gasteiger partial charge is 0.229 e. The lowest BCUT2D eigenvalue weighted by atomic mass is 10.1. The Morgan fingerprint density at radius 3 is 2.59 bits per heavy atom. The lowest BCUT2D eigenvalue weighted by molar-refractivity contribution is 0.518. The van der Waals surface area contributed by atoms with E-state index in [0.717, 1.165) is 36.0 Å². The zero-order valence-corrected chi connectivity index (χ0v) is 15.6. The summed E-state index contributed by atoms with van der Waals surface area (Å²) in [5, 5.41) is 6.58. The molecular weight excluding hydrogens is 338 g/mol. The van der Waals surface area contributed by atoms with Crippen LogP contribution in [0.15, 0.2) is 53.1 Å². The highest BCUT2D eigenvalue weighted by Gasteiger charge is 2.11. The van der Waals surface area contributed by atoms with Crippen LogP contribution in [0.25, 0.3) is 0 Å². The van der Waals surface area contributed by atoms with Gasteiger partial charge in [0.1, 0.15) is 11.6 Å². The number of aryl methyl sites for hydroxylation is 1. The highest BCUT2D eigenvalue weighted by atomic mass is 16.3. The van der Waals surface area contributed by atoms with Crippen molar-refractivity contribution in [2.75, 3.05) is 28.6 Å². The van der Waals surface area contributed by atoms with Crippen LogP contribution in [-0.2, 0) is 6.54 Å². The maximum absolute atomic E-state index is 5.35. The zero-order chi connectivity index (χ0) is 18.5. The summed E-state index contributed by atoms with van der Waals surface area (Å²) in [7, 11) is 0. The molecule has 1 fully saturated rings. The Morgan fingerprint density at radius 2 is 1.85 bits per heavy atom. The summed E-state index contributed by atoms with van der Waals surface area (Å²) in [6, 6.07) is 14.2. The van der Waals surface area contributed by atoms with Crippen molar-refractivity contribution in [2.45, 2.75) is 32.7 Å². The highest BCUT2D eigenvalue weighted by Crippen LogP contribution is 2.23. The van der Waals surface area contributed by atoms with Gasteiger partial charge in [-0.15, -0.1) is 0 Å². The standard InChI is InChI=1S/C21H25N5O/c1-16-14-20(22-15-19-6-5-13-27-19)25-21(23-16)24-17-7-9-18(10-8-17)26-11-3-2-4-12-26/h5-10,13-14H,2-4,11-12,15H2,1H3,(H2,22,23,24,25). The first-order valence-electron chi connectivity index (χ1n) is 9.50. The number of nitrogens with zero attached hydrogens (tertiary/aromatic N) is 3. The number of piperidine rings is 1. The first-order chi connectivity index (χ1) is 13.3. The predicted octanol–water partition coefficient (Wildman–Crippen LogP) is 4.72. The lowest BCUT2D eigenvalue weighted by Crippen LogP contribution is -2.29. The second-order valence-electron chi connectivity index (χ2n) is 6.87. The normalized spacial score (nSPS) is 14.2. The van der Waals surface area contributed by atoms with Gasteiger partial charge in [0, 0.05) is 36.2 Å². The summed E-state index contributed by atoms with van der Waals surface area (Å²) in [4.78, 5) is 11.5. The van der Waals surface area contributed by atoms with Crippen LogP contribution in [0.1, 0.15) is 30.7 Å². The number of aromatic nitrogens is 2. The van der Waals surface area contributed by atoms with Crippen molar-refractivity contribution in [1.29, 1.82) is 0 Å². The molecule has 1 saturated heterocycles. The zero-order valence-electron chi connectivity index (χ0n) is 15.6. The summed E-state index contributed by atoms with van der Waals surface area (Å²) in [6.45, 7) is 4.86. The predicted molar refractivity (Wildman–Crippen MR) is 109 cm³/mol. The molecule has 27 heavy (non-hydrogen) atoms. The van der Waals surface area contributed by atoms with Crippen molar-refractivity contribution >= 4 is 23.1 Å². The largest absolute Gasteiger partial charge is 0.467 e. The minimum Gasteiger partial charge on any atom is -0.467 e. The van der Waals surface area contributed by atoms with Crippen LogP contribution in [0.4, 0.5) is 23.1 Å². The molecule has 1 aliphatic heterocycles. The molecule has 2 N–H and O–H groups in total. The molecule has 4 rings (SSSR count). The third kappa shape index (κ3) is 4.58. The van der Waals surface area contributed by atoms with Gasteiger partial charge in [-0.05, 0) is 62.6 Å². The molecule has 0 atom stereocenters. The van der Waals surface area contributed by atoms with Gasteiger partial charge < -0.3 is 20.0 Å². The number of nitrogens with one attached hydrogen (secondary N) is 2. The fourth-order valence-corrected chi connectivity index (χ4v) is 3.34. The molecule has 1 aromatic carbocycles. The van der Waals surface area contributed by atoms with E-state index in [0.29, 0.717) is 12.5 Å². The summed E-state index contributed by atoms with van der Waals surface area (Å²) >= 11 is 0. The first kappa shape index (κ1) is 17.4. The van der Waals surface area contributed by atoms with Gasteiger partial charge in [-0.25, -0.2) is 4.98 Å². The lowest BCUT2D eigenvalue weighted by Gasteiger charge is -2.28. The number of anilines is 4. The van der Waals surface area contributed by atoms with E-state index in [9.17, 15) is 0 Å². The fourth-order valence-electron chi connectivity index (χ4n) is 3.34. The van der Waals surface area contributed by atoms with Crippen LogP contribution in [0.3, 0.4) is 0 Å². The van der Waals surface area contributed by atoms with Gasteiger partial charge in [0.15, 0.2) is 0 Å². The Labute approximate surface area is 159 Å². The monoisotopic (exact) mass is 363 g/mol. The summed E-state index contributed by atoms with van der Waals surface area (Å²) in [5.41, 5.74) is 3.17. The van der Waals surface area contributed by atoms with Crippen LogP contribution in [-0.4, -0.2) is 23.1 Å². The van der Waals surface area contributed by atoms with Crippen molar-refractivity contribution in [3.63, 3.8) is 0 Å². The number of rotatable bonds is 6. The van der Waals surface area contributed by atoms with E-state index in [1.54, 1.807) is 6.26 Å². The molecule has 2 aromatic heterocycles. The van der Waals surface area contributed by atoms with E-state index in [2.05, 4.69) is 49.8 Å². The van der Waals surface area contributed by atoms with Crippen LogP contribution in [0.2, 0.25) is 0 Å². The van der Waals surface area contributed by atoms with Crippen molar-refractivity contribution < 1.29 is 4.42 Å². The summed E-state index contributed by atoms with van der Waals surface area (Å²) in [5.74, 6) is 2.23. The molecule has 3 heterocycles. The van der Waals surface area contributed by atoms with Crippen LogP contribution < -0.4 is 15.5 Å². The van der Waals surface area contributed by atoms with Crippen molar-refractivity contribution in [3.8, 4) is 0 Å². The van der Waals surface area contributed by atoms with E-state index in [1.807, 2.05) is 25.1 Å². The molecule has 0 bridgehead atoms. The van der Waals surface area contributed by atoms with E-state index in [1.165, 1.54) is 24.9 Å². The van der Waals surface area contributed by atoms with Crippen LogP contribution >= 0.6 is 0 Å². The molecule has 0 radical (unpaired) electrons. The molecule has 0 unspecified atom stereocenters. The molecule has 6 heteroatoms. The van der Waals surface area contributed by atoms with Gasteiger partial charge >= 0.3 is 0 Å². The molecule has 0 amide bonds. The Hall–Kier alpha value is -3.02. The topological polar surface area (TPSA) is 66.2 Å².